The van der Waals surface area contributed by atoms with Crippen LogP contribution in [0.2, 0.25) is 0 Å². The second-order valence-electron chi connectivity index (χ2n) is 7.46. The molecule has 1 aliphatic heterocycles. The Hall–Kier alpha value is -2.07. The molecule has 8 heteroatoms. The Balaban J connectivity index is 1.71. The number of rotatable bonds is 5. The van der Waals surface area contributed by atoms with Crippen molar-refractivity contribution >= 4 is 27.1 Å². The molecule has 0 amide bonds. The average molecular weight is 434 g/mol. The van der Waals surface area contributed by atoms with E-state index in [-0.39, 0.29) is 0 Å². The summed E-state index contributed by atoms with van der Waals surface area (Å²) in [6, 6.07) is 12.9. The van der Waals surface area contributed by atoms with Crippen LogP contribution in [0, 0.1) is 5.82 Å². The van der Waals surface area contributed by atoms with Crippen LogP contribution in [0.3, 0.4) is 0 Å². The minimum Gasteiger partial charge on any atom is -0.394 e. The van der Waals surface area contributed by atoms with Gasteiger partial charge in [-0.3, -0.25) is 0 Å². The zero-order chi connectivity index (χ0) is 21.4. The Morgan fingerprint density at radius 2 is 1.83 bits per heavy atom. The Bertz CT molecular complexity index is 1010. The molecule has 5 atom stereocenters. The molecule has 1 aromatic heterocycles. The molecule has 0 spiro atoms. The molecule has 0 saturated carbocycles. The molecule has 0 aliphatic carbocycles. The van der Waals surface area contributed by atoms with Crippen molar-refractivity contribution in [3.63, 3.8) is 0 Å². The van der Waals surface area contributed by atoms with Crippen molar-refractivity contribution in [2.24, 2.45) is 0 Å². The van der Waals surface area contributed by atoms with Gasteiger partial charge in [-0.15, -0.1) is 11.3 Å². The molecule has 160 valence electrons. The second-order valence-corrected chi connectivity index (χ2v) is 8.63. The highest BCUT2D eigenvalue weighted by Gasteiger charge is 2.44. The molecule has 6 nitrogen and oxygen atoms in total. The second kappa shape index (κ2) is 8.58. The lowest BCUT2D eigenvalue weighted by Gasteiger charge is -2.40. The van der Waals surface area contributed by atoms with E-state index in [1.165, 1.54) is 6.07 Å². The molecule has 1 aliphatic rings. The zero-order valence-corrected chi connectivity index (χ0v) is 17.1. The third kappa shape index (κ3) is 3.82. The minimum atomic E-state index is -1.50. The number of nitrogens with one attached hydrogen (secondary N) is 1. The molecule has 0 bridgehead atoms. The summed E-state index contributed by atoms with van der Waals surface area (Å²) in [7, 11) is 1.62. The lowest BCUT2D eigenvalue weighted by molar-refractivity contribution is -0.231. The summed E-state index contributed by atoms with van der Waals surface area (Å²) < 4.78 is 21.6. The quantitative estimate of drug-likeness (QED) is 0.423. The van der Waals surface area contributed by atoms with Crippen LogP contribution in [-0.4, -0.2) is 58.5 Å². The van der Waals surface area contributed by atoms with E-state index < -0.39 is 42.9 Å². The van der Waals surface area contributed by atoms with Crippen molar-refractivity contribution in [3.05, 3.63) is 64.3 Å². The van der Waals surface area contributed by atoms with Gasteiger partial charge < -0.3 is 30.5 Å². The SMILES string of the molecule is CNc1cc(F)c(Cc2cc3ccccc3s2)cc1[C@@H]1O[C@H](CO)[C@@H](O)[C@H](O)[C@H]1O. The van der Waals surface area contributed by atoms with Gasteiger partial charge in [-0.25, -0.2) is 4.39 Å². The van der Waals surface area contributed by atoms with E-state index in [2.05, 4.69) is 5.32 Å². The molecular weight excluding hydrogens is 409 g/mol. The highest BCUT2D eigenvalue weighted by atomic mass is 32.1. The number of aliphatic hydroxyl groups is 4. The predicted octanol–water partition coefficient (Wildman–Crippen LogP) is 2.19. The van der Waals surface area contributed by atoms with Crippen LogP contribution in [0.25, 0.3) is 10.1 Å². The van der Waals surface area contributed by atoms with Crippen molar-refractivity contribution in [1.29, 1.82) is 0 Å². The molecule has 0 unspecified atom stereocenters. The van der Waals surface area contributed by atoms with Crippen LogP contribution in [0.15, 0.2) is 42.5 Å². The summed E-state index contributed by atoms with van der Waals surface area (Å²) in [5.41, 5.74) is 1.27. The summed E-state index contributed by atoms with van der Waals surface area (Å²) in [6.07, 6.45) is -6.09. The Labute approximate surface area is 177 Å². The zero-order valence-electron chi connectivity index (χ0n) is 16.3. The normalized spacial score (nSPS) is 26.8. The van der Waals surface area contributed by atoms with Gasteiger partial charge in [0.2, 0.25) is 0 Å². The van der Waals surface area contributed by atoms with Crippen LogP contribution in [0.1, 0.15) is 22.1 Å². The molecule has 2 heterocycles. The fourth-order valence-electron chi connectivity index (χ4n) is 3.89. The number of aliphatic hydroxyl groups excluding tert-OH is 4. The van der Waals surface area contributed by atoms with Crippen molar-refractivity contribution < 1.29 is 29.6 Å². The first kappa shape index (κ1) is 21.2. The molecule has 1 fully saturated rings. The van der Waals surface area contributed by atoms with Crippen LogP contribution in [0.4, 0.5) is 10.1 Å². The minimum absolute atomic E-state index is 0.361. The van der Waals surface area contributed by atoms with Gasteiger partial charge in [-0.2, -0.15) is 0 Å². The summed E-state index contributed by atoms with van der Waals surface area (Å²) in [5.74, 6) is -0.398. The number of halogens is 1. The Morgan fingerprint density at radius 3 is 2.53 bits per heavy atom. The van der Waals surface area contributed by atoms with Gasteiger partial charge in [0, 0.05) is 34.3 Å². The fourth-order valence-corrected chi connectivity index (χ4v) is 4.98. The number of benzene rings is 2. The lowest BCUT2D eigenvalue weighted by atomic mass is 9.89. The smallest absolute Gasteiger partial charge is 0.128 e. The third-order valence-electron chi connectivity index (χ3n) is 5.53. The maximum absolute atomic E-state index is 14.8. The first-order valence-corrected chi connectivity index (χ1v) is 10.5. The van der Waals surface area contributed by atoms with E-state index in [1.54, 1.807) is 24.5 Å². The largest absolute Gasteiger partial charge is 0.394 e. The molecule has 3 aromatic rings. The topological polar surface area (TPSA) is 102 Å². The van der Waals surface area contributed by atoms with E-state index >= 15 is 0 Å². The molecule has 5 N–H and O–H groups in total. The number of thiophene rings is 1. The van der Waals surface area contributed by atoms with Gasteiger partial charge in [-0.1, -0.05) is 18.2 Å². The van der Waals surface area contributed by atoms with Crippen LogP contribution < -0.4 is 5.32 Å². The van der Waals surface area contributed by atoms with Crippen molar-refractivity contribution in [1.82, 2.24) is 0 Å². The summed E-state index contributed by atoms with van der Waals surface area (Å²) in [4.78, 5) is 0.993. The number of hydrogen-bond donors (Lipinski definition) is 5. The highest BCUT2D eigenvalue weighted by Crippen LogP contribution is 2.38. The van der Waals surface area contributed by atoms with E-state index in [4.69, 9.17) is 4.74 Å². The van der Waals surface area contributed by atoms with E-state index in [0.29, 0.717) is 23.2 Å². The van der Waals surface area contributed by atoms with Gasteiger partial charge in [0.25, 0.3) is 0 Å². The summed E-state index contributed by atoms with van der Waals surface area (Å²) in [6.45, 7) is -0.522. The van der Waals surface area contributed by atoms with Crippen molar-refractivity contribution in [2.45, 2.75) is 36.9 Å². The van der Waals surface area contributed by atoms with Gasteiger partial charge in [-0.05, 0) is 35.2 Å². The lowest BCUT2D eigenvalue weighted by Crippen LogP contribution is -2.55. The first-order chi connectivity index (χ1) is 14.4. The first-order valence-electron chi connectivity index (χ1n) is 9.71. The standard InChI is InChI=1S/C22H24FNO5S/c1-24-16-9-15(23)12(7-13-6-11-4-2-3-5-18(11)30-13)8-14(16)22-21(28)20(27)19(26)17(10-25)29-22/h2-6,8-9,17,19-22,24-28H,7,10H2,1H3/t17-,19-,20+,21-,22+/m1/s1. The molecule has 4 rings (SSSR count). The number of ether oxygens (including phenoxy) is 1. The van der Waals surface area contributed by atoms with Crippen LogP contribution >= 0.6 is 11.3 Å². The van der Waals surface area contributed by atoms with Gasteiger partial charge >= 0.3 is 0 Å². The number of hydrogen-bond acceptors (Lipinski definition) is 7. The van der Waals surface area contributed by atoms with Crippen molar-refractivity contribution in [2.75, 3.05) is 19.0 Å². The molecule has 30 heavy (non-hydrogen) atoms. The number of fused-ring (bicyclic) bond motifs is 1. The summed E-state index contributed by atoms with van der Waals surface area (Å²) in [5, 5.41) is 44.1. The Kier molecular flexibility index (Phi) is 6.06. The fraction of sp³-hybridized carbons (Fsp3) is 0.364. The van der Waals surface area contributed by atoms with Crippen LogP contribution in [0.5, 0.6) is 0 Å². The van der Waals surface area contributed by atoms with Gasteiger partial charge in [0.15, 0.2) is 0 Å². The predicted molar refractivity (Wildman–Crippen MR) is 113 cm³/mol. The van der Waals surface area contributed by atoms with E-state index in [0.717, 1.165) is 15.0 Å². The summed E-state index contributed by atoms with van der Waals surface area (Å²) >= 11 is 1.59. The molecule has 2 aromatic carbocycles. The van der Waals surface area contributed by atoms with Crippen molar-refractivity contribution in [3.8, 4) is 0 Å². The van der Waals surface area contributed by atoms with E-state index in [1.807, 2.05) is 30.3 Å². The average Bonchev–Trinajstić information content (AvgIpc) is 3.16. The molecule has 0 radical (unpaired) electrons. The third-order valence-corrected chi connectivity index (χ3v) is 6.64. The molecular formula is C22H24FNO5S. The van der Waals surface area contributed by atoms with Crippen LogP contribution in [-0.2, 0) is 11.2 Å². The number of anilines is 1. The van der Waals surface area contributed by atoms with Gasteiger partial charge in [0.1, 0.15) is 36.3 Å². The monoisotopic (exact) mass is 433 g/mol. The van der Waals surface area contributed by atoms with E-state index in [9.17, 15) is 24.8 Å². The maximum Gasteiger partial charge on any atom is 0.128 e. The molecule has 1 saturated heterocycles. The van der Waals surface area contributed by atoms with Gasteiger partial charge in [0.05, 0.1) is 6.61 Å². The highest BCUT2D eigenvalue weighted by molar-refractivity contribution is 7.19. The Morgan fingerprint density at radius 1 is 1.07 bits per heavy atom. The maximum atomic E-state index is 14.8.